The van der Waals surface area contributed by atoms with Crippen molar-refractivity contribution in [2.45, 2.75) is 0 Å². The van der Waals surface area contributed by atoms with Gasteiger partial charge in [0.25, 0.3) is 0 Å². The summed E-state index contributed by atoms with van der Waals surface area (Å²) in [5, 5.41) is 18.4. The summed E-state index contributed by atoms with van der Waals surface area (Å²) in [6.45, 7) is 0.354. The molecule has 3 heteroatoms. The number of nitrogens with one attached hydrogen (secondary N) is 1. The average molecular weight is 250 g/mol. The van der Waals surface area contributed by atoms with Gasteiger partial charge < -0.3 is 10.0 Å². The first-order valence-electron chi connectivity index (χ1n) is 6.16. The molecule has 0 spiro atoms. The summed E-state index contributed by atoms with van der Waals surface area (Å²) in [6.07, 6.45) is 0. The fraction of sp³-hybridized carbons (Fsp3) is 0.0625. The highest BCUT2D eigenvalue weighted by Crippen LogP contribution is 2.30. The van der Waals surface area contributed by atoms with E-state index in [1.165, 1.54) is 0 Å². The average Bonchev–Trinajstić information content (AvgIpc) is 2.76. The molecule has 1 aliphatic rings. The van der Waals surface area contributed by atoms with Gasteiger partial charge >= 0.3 is 0 Å². The second-order valence-electron chi connectivity index (χ2n) is 4.46. The highest BCUT2D eigenvalue weighted by Gasteiger charge is 2.28. The van der Waals surface area contributed by atoms with Gasteiger partial charge in [-0.15, -0.1) is 0 Å². The molecule has 2 N–H and O–H groups in total. The molecule has 2 aromatic rings. The zero-order valence-corrected chi connectivity index (χ0v) is 10.4. The van der Waals surface area contributed by atoms with Crippen LogP contribution in [0.5, 0.6) is 0 Å². The van der Waals surface area contributed by atoms with E-state index < -0.39 is 0 Å². The molecule has 19 heavy (non-hydrogen) atoms. The molecule has 1 aliphatic heterocycles. The Labute approximate surface area is 111 Å². The summed E-state index contributed by atoms with van der Waals surface area (Å²) < 4.78 is 0. The van der Waals surface area contributed by atoms with Crippen LogP contribution < -0.4 is 4.90 Å². The molecule has 0 saturated carbocycles. The molecule has 0 aromatic heterocycles. The number of hydrogen-bond donors (Lipinski definition) is 2. The number of para-hydroxylation sites is 1. The lowest BCUT2D eigenvalue weighted by Crippen LogP contribution is -2.25. The predicted octanol–water partition coefficient (Wildman–Crippen LogP) is 3.45. The third kappa shape index (κ3) is 1.99. The maximum Gasteiger partial charge on any atom is 0.137 e. The molecular weight excluding hydrogens is 236 g/mol. The molecule has 3 nitrogen and oxygen atoms in total. The summed E-state index contributed by atoms with van der Waals surface area (Å²) >= 11 is 0. The van der Waals surface area contributed by atoms with Crippen LogP contribution in [0.1, 0.15) is 5.56 Å². The number of hydrogen-bond acceptors (Lipinski definition) is 2. The minimum atomic E-state index is 0.250. The Bertz CT molecular complexity index is 632. The van der Waals surface area contributed by atoms with Crippen molar-refractivity contribution in [3.05, 3.63) is 72.0 Å². The van der Waals surface area contributed by atoms with E-state index in [2.05, 4.69) is 0 Å². The van der Waals surface area contributed by atoms with Crippen LogP contribution in [-0.2, 0) is 0 Å². The van der Waals surface area contributed by atoms with E-state index in [0.717, 1.165) is 11.3 Å². The molecule has 94 valence electrons. The second-order valence-corrected chi connectivity index (χ2v) is 4.46. The third-order valence-electron chi connectivity index (χ3n) is 3.23. The van der Waals surface area contributed by atoms with Crippen molar-refractivity contribution >= 4 is 17.1 Å². The Morgan fingerprint density at radius 1 is 0.895 bits per heavy atom. The lowest BCUT2D eigenvalue weighted by atomic mass is 10.1. The molecule has 0 unspecified atom stereocenters. The van der Waals surface area contributed by atoms with Crippen molar-refractivity contribution in [1.29, 1.82) is 5.41 Å². The molecule has 0 fully saturated rings. The largest absolute Gasteiger partial charge is 0.510 e. The van der Waals surface area contributed by atoms with E-state index in [0.29, 0.717) is 18.0 Å². The van der Waals surface area contributed by atoms with Gasteiger partial charge in [0.05, 0.1) is 12.1 Å². The number of aliphatic hydroxyl groups excluding tert-OH is 1. The zero-order valence-electron chi connectivity index (χ0n) is 10.4. The first-order chi connectivity index (χ1) is 9.27. The summed E-state index contributed by atoms with van der Waals surface area (Å²) in [6, 6.07) is 19.3. The van der Waals surface area contributed by atoms with Crippen LogP contribution in [0.15, 0.2) is 66.4 Å². The highest BCUT2D eigenvalue weighted by molar-refractivity contribution is 6.30. The minimum Gasteiger partial charge on any atom is -0.510 e. The van der Waals surface area contributed by atoms with Crippen LogP contribution in [-0.4, -0.2) is 17.5 Å². The Hall–Kier alpha value is -2.55. The van der Waals surface area contributed by atoms with Crippen molar-refractivity contribution in [1.82, 2.24) is 0 Å². The predicted molar refractivity (Wildman–Crippen MR) is 77.5 cm³/mol. The first kappa shape index (κ1) is 11.5. The van der Waals surface area contributed by atoms with Gasteiger partial charge in [0, 0.05) is 5.69 Å². The van der Waals surface area contributed by atoms with Crippen LogP contribution >= 0.6 is 0 Å². The van der Waals surface area contributed by atoms with Crippen molar-refractivity contribution < 1.29 is 5.11 Å². The second kappa shape index (κ2) is 4.61. The Balaban J connectivity index is 1.97. The number of amidine groups is 1. The molecule has 0 radical (unpaired) electrons. The topological polar surface area (TPSA) is 47.3 Å². The zero-order chi connectivity index (χ0) is 13.2. The van der Waals surface area contributed by atoms with Crippen LogP contribution in [0.25, 0.3) is 5.57 Å². The van der Waals surface area contributed by atoms with Crippen LogP contribution in [0.2, 0.25) is 0 Å². The number of anilines is 1. The summed E-state index contributed by atoms with van der Waals surface area (Å²) in [5.41, 5.74) is 2.41. The molecule has 0 bridgehead atoms. The minimum absolute atomic E-state index is 0.250. The maximum atomic E-state index is 10.1. The number of nitrogens with zero attached hydrogens (tertiary/aromatic N) is 1. The SMILES string of the molecule is N=C1C(c2ccccc2)=C(O)CN1c1ccccc1. The van der Waals surface area contributed by atoms with Crippen LogP contribution in [0, 0.1) is 5.41 Å². The monoisotopic (exact) mass is 250 g/mol. The quantitative estimate of drug-likeness (QED) is 0.857. The Morgan fingerprint density at radius 2 is 1.47 bits per heavy atom. The van der Waals surface area contributed by atoms with Crippen molar-refractivity contribution in [3.8, 4) is 0 Å². The van der Waals surface area contributed by atoms with E-state index in [1.54, 1.807) is 4.90 Å². The lowest BCUT2D eigenvalue weighted by Gasteiger charge is -2.18. The van der Waals surface area contributed by atoms with E-state index in [4.69, 9.17) is 5.41 Å². The molecule has 0 saturated heterocycles. The van der Waals surface area contributed by atoms with E-state index in [-0.39, 0.29) is 5.76 Å². The molecule has 1 heterocycles. The fourth-order valence-corrected chi connectivity index (χ4v) is 2.32. The molecule has 0 amide bonds. The molecule has 0 atom stereocenters. The third-order valence-corrected chi connectivity index (χ3v) is 3.23. The number of rotatable bonds is 2. The number of aliphatic hydroxyl groups is 1. The maximum absolute atomic E-state index is 10.1. The molecule has 3 rings (SSSR count). The Kier molecular flexibility index (Phi) is 2.80. The van der Waals surface area contributed by atoms with Gasteiger partial charge in [0.1, 0.15) is 11.6 Å². The van der Waals surface area contributed by atoms with Gasteiger partial charge in [-0.1, -0.05) is 48.5 Å². The number of benzene rings is 2. The lowest BCUT2D eigenvalue weighted by molar-refractivity contribution is 0.411. The van der Waals surface area contributed by atoms with E-state index >= 15 is 0 Å². The van der Waals surface area contributed by atoms with Gasteiger partial charge in [0.15, 0.2) is 0 Å². The van der Waals surface area contributed by atoms with Crippen molar-refractivity contribution in [3.63, 3.8) is 0 Å². The summed E-state index contributed by atoms with van der Waals surface area (Å²) in [5.74, 6) is 0.593. The fourth-order valence-electron chi connectivity index (χ4n) is 2.32. The first-order valence-corrected chi connectivity index (χ1v) is 6.16. The molecule has 0 aliphatic carbocycles. The van der Waals surface area contributed by atoms with Gasteiger partial charge in [-0.05, 0) is 17.7 Å². The van der Waals surface area contributed by atoms with E-state index in [1.807, 2.05) is 60.7 Å². The van der Waals surface area contributed by atoms with Gasteiger partial charge in [-0.3, -0.25) is 5.41 Å². The standard InChI is InChI=1S/C16H14N2O/c17-16-15(12-7-3-1-4-8-12)14(19)11-18(16)13-9-5-2-6-10-13/h1-10,17,19H,11H2. The van der Waals surface area contributed by atoms with Crippen molar-refractivity contribution in [2.75, 3.05) is 11.4 Å². The normalized spacial score (nSPS) is 15.2. The van der Waals surface area contributed by atoms with Gasteiger partial charge in [-0.25, -0.2) is 0 Å². The van der Waals surface area contributed by atoms with Gasteiger partial charge in [-0.2, -0.15) is 0 Å². The molecular formula is C16H14N2O. The summed E-state index contributed by atoms with van der Waals surface area (Å²) in [7, 11) is 0. The van der Waals surface area contributed by atoms with Crippen LogP contribution in [0.3, 0.4) is 0 Å². The smallest absolute Gasteiger partial charge is 0.137 e. The van der Waals surface area contributed by atoms with E-state index in [9.17, 15) is 5.11 Å². The van der Waals surface area contributed by atoms with Crippen molar-refractivity contribution in [2.24, 2.45) is 0 Å². The van der Waals surface area contributed by atoms with Crippen LogP contribution in [0.4, 0.5) is 5.69 Å². The highest BCUT2D eigenvalue weighted by atomic mass is 16.3. The molecule has 2 aromatic carbocycles. The Morgan fingerprint density at radius 3 is 2.11 bits per heavy atom. The summed E-state index contributed by atoms with van der Waals surface area (Å²) in [4.78, 5) is 1.80. The van der Waals surface area contributed by atoms with Gasteiger partial charge in [0.2, 0.25) is 0 Å².